The predicted octanol–water partition coefficient (Wildman–Crippen LogP) is 3.16. The minimum absolute atomic E-state index is 0.0492. The average Bonchev–Trinajstić information content (AvgIpc) is 2.49. The van der Waals surface area contributed by atoms with Crippen LogP contribution in [0, 0.1) is 5.82 Å². The highest BCUT2D eigenvalue weighted by molar-refractivity contribution is 5.95. The number of carbonyl (C=O) groups is 2. The van der Waals surface area contributed by atoms with Crippen molar-refractivity contribution in [1.29, 1.82) is 0 Å². The molecule has 0 saturated carbocycles. The second kappa shape index (κ2) is 7.29. The molecule has 7 heteroatoms. The number of hydrogen-bond donors (Lipinski definition) is 1. The van der Waals surface area contributed by atoms with Crippen LogP contribution in [-0.2, 0) is 9.53 Å². The molecule has 1 aromatic rings. The molecule has 0 radical (unpaired) electrons. The van der Waals surface area contributed by atoms with Gasteiger partial charge in [-0.05, 0) is 52.3 Å². The van der Waals surface area contributed by atoms with Crippen LogP contribution in [0.4, 0.5) is 20.6 Å². The van der Waals surface area contributed by atoms with Gasteiger partial charge >= 0.3 is 6.09 Å². The first kappa shape index (κ1) is 19.0. The number of anilines is 2. The Morgan fingerprint density at radius 1 is 1.44 bits per heavy atom. The zero-order chi connectivity index (χ0) is 18.8. The van der Waals surface area contributed by atoms with E-state index in [-0.39, 0.29) is 24.1 Å². The smallest absolute Gasteiger partial charge is 0.410 e. The van der Waals surface area contributed by atoms with E-state index in [2.05, 4.69) is 0 Å². The number of ether oxygens (including phenoxy) is 1. The second-order valence-electron chi connectivity index (χ2n) is 7.16. The van der Waals surface area contributed by atoms with E-state index in [1.165, 1.54) is 17.0 Å². The third kappa shape index (κ3) is 4.61. The van der Waals surface area contributed by atoms with Gasteiger partial charge in [0, 0.05) is 31.2 Å². The fraction of sp³-hybridized carbons (Fsp3) is 0.556. The quantitative estimate of drug-likeness (QED) is 0.849. The van der Waals surface area contributed by atoms with E-state index < -0.39 is 17.5 Å². The Bertz CT molecular complexity index is 657. The van der Waals surface area contributed by atoms with Crippen LogP contribution in [0.25, 0.3) is 0 Å². The van der Waals surface area contributed by atoms with Gasteiger partial charge in [0.25, 0.3) is 0 Å². The maximum absolute atomic E-state index is 13.7. The Morgan fingerprint density at radius 3 is 2.64 bits per heavy atom. The molecular weight excluding hydrogens is 325 g/mol. The Balaban J connectivity index is 2.08. The van der Waals surface area contributed by atoms with Crippen molar-refractivity contribution >= 4 is 23.4 Å². The van der Waals surface area contributed by atoms with Crippen LogP contribution >= 0.6 is 0 Å². The Morgan fingerprint density at radius 2 is 2.12 bits per heavy atom. The van der Waals surface area contributed by atoms with Gasteiger partial charge in [-0.15, -0.1) is 0 Å². The number of carbonyl (C=O) groups excluding carboxylic acids is 2. The zero-order valence-electron chi connectivity index (χ0n) is 15.2. The van der Waals surface area contributed by atoms with Gasteiger partial charge in [-0.3, -0.25) is 4.79 Å². The Hall–Kier alpha value is -2.31. The maximum atomic E-state index is 13.7. The number of nitrogens with two attached hydrogens (primary N) is 1. The first-order valence-electron chi connectivity index (χ1n) is 8.47. The second-order valence-corrected chi connectivity index (χ2v) is 7.16. The van der Waals surface area contributed by atoms with E-state index in [4.69, 9.17) is 10.5 Å². The van der Waals surface area contributed by atoms with Crippen molar-refractivity contribution in [2.24, 2.45) is 0 Å². The molecule has 25 heavy (non-hydrogen) atoms. The molecule has 1 aromatic carbocycles. The number of benzene rings is 1. The molecule has 0 bridgehead atoms. The van der Waals surface area contributed by atoms with Crippen LogP contribution in [-0.4, -0.2) is 41.6 Å². The normalized spacial score (nSPS) is 18.2. The maximum Gasteiger partial charge on any atom is 0.410 e. The van der Waals surface area contributed by atoms with E-state index in [1.54, 1.807) is 11.0 Å². The molecule has 0 aliphatic carbocycles. The molecule has 1 atom stereocenters. The molecule has 2 N–H and O–H groups in total. The van der Waals surface area contributed by atoms with E-state index in [0.717, 1.165) is 0 Å². The summed E-state index contributed by atoms with van der Waals surface area (Å²) in [4.78, 5) is 28.0. The molecule has 0 aromatic heterocycles. The summed E-state index contributed by atoms with van der Waals surface area (Å²) in [5, 5.41) is 0. The van der Waals surface area contributed by atoms with Gasteiger partial charge in [0.2, 0.25) is 5.91 Å². The minimum Gasteiger partial charge on any atom is -0.444 e. The number of piperidine rings is 1. The summed E-state index contributed by atoms with van der Waals surface area (Å²) < 4.78 is 19.1. The summed E-state index contributed by atoms with van der Waals surface area (Å²) in [5.74, 6) is -0.696. The van der Waals surface area contributed by atoms with Crippen LogP contribution in [0.2, 0.25) is 0 Å². The molecule has 1 aliphatic rings. The van der Waals surface area contributed by atoms with Crippen molar-refractivity contribution in [2.75, 3.05) is 23.7 Å². The highest BCUT2D eigenvalue weighted by atomic mass is 19.1. The highest BCUT2D eigenvalue weighted by Crippen LogP contribution is 2.26. The topological polar surface area (TPSA) is 75.9 Å². The molecule has 1 saturated heterocycles. The lowest BCUT2D eigenvalue weighted by atomic mass is 10.0. The molecule has 138 valence electrons. The van der Waals surface area contributed by atoms with E-state index in [9.17, 15) is 14.0 Å². The number of nitrogens with zero attached hydrogens (tertiary/aromatic N) is 2. The van der Waals surface area contributed by atoms with Gasteiger partial charge in [-0.2, -0.15) is 0 Å². The highest BCUT2D eigenvalue weighted by Gasteiger charge is 2.34. The first-order valence-corrected chi connectivity index (χ1v) is 8.47. The third-order valence-electron chi connectivity index (χ3n) is 4.10. The molecule has 1 aliphatic heterocycles. The standard InChI is InChI=1S/C18H26FN3O3/c1-5-21(17(24)25-18(2,3)4)13-8-9-22(16(23)11-13)12-6-7-15(20)14(19)10-12/h6-7,10,13H,5,8-9,11,20H2,1-4H3. The summed E-state index contributed by atoms with van der Waals surface area (Å²) in [6, 6.07) is 4.12. The van der Waals surface area contributed by atoms with E-state index in [1.807, 2.05) is 27.7 Å². The van der Waals surface area contributed by atoms with Gasteiger partial charge in [0.05, 0.1) is 5.69 Å². The molecule has 2 rings (SSSR count). The molecule has 1 unspecified atom stereocenters. The molecule has 1 heterocycles. The van der Waals surface area contributed by atoms with Crippen molar-refractivity contribution in [3.8, 4) is 0 Å². The monoisotopic (exact) mass is 351 g/mol. The molecule has 1 fully saturated rings. The van der Waals surface area contributed by atoms with Crippen molar-refractivity contribution < 1.29 is 18.7 Å². The molecule has 6 nitrogen and oxygen atoms in total. The number of rotatable bonds is 3. The summed E-state index contributed by atoms with van der Waals surface area (Å²) in [6.07, 6.45) is 0.365. The SMILES string of the molecule is CCN(C(=O)OC(C)(C)C)C1CCN(c2ccc(N)c(F)c2)C(=O)C1. The fourth-order valence-electron chi connectivity index (χ4n) is 2.90. The van der Waals surface area contributed by atoms with Gasteiger partial charge < -0.3 is 20.3 Å². The molecular formula is C18H26FN3O3. The minimum atomic E-state index is -0.587. The van der Waals surface area contributed by atoms with Crippen LogP contribution < -0.4 is 10.6 Å². The summed E-state index contributed by atoms with van der Waals surface area (Å²) in [6.45, 7) is 8.15. The number of hydrogen-bond acceptors (Lipinski definition) is 4. The third-order valence-corrected chi connectivity index (χ3v) is 4.10. The molecule has 2 amide bonds. The van der Waals surface area contributed by atoms with Crippen molar-refractivity contribution in [3.05, 3.63) is 24.0 Å². The number of halogens is 1. The summed E-state index contributed by atoms with van der Waals surface area (Å²) in [7, 11) is 0. The fourth-order valence-corrected chi connectivity index (χ4v) is 2.90. The summed E-state index contributed by atoms with van der Waals surface area (Å²) in [5.41, 5.74) is 5.42. The van der Waals surface area contributed by atoms with Crippen LogP contribution in [0.5, 0.6) is 0 Å². The van der Waals surface area contributed by atoms with Crippen molar-refractivity contribution in [3.63, 3.8) is 0 Å². The largest absolute Gasteiger partial charge is 0.444 e. The first-order chi connectivity index (χ1) is 11.6. The van der Waals surface area contributed by atoms with Gasteiger partial charge in [0.1, 0.15) is 11.4 Å². The van der Waals surface area contributed by atoms with Crippen molar-refractivity contribution in [2.45, 2.75) is 52.2 Å². The lowest BCUT2D eigenvalue weighted by Crippen LogP contribution is -2.51. The van der Waals surface area contributed by atoms with E-state index >= 15 is 0 Å². The van der Waals surface area contributed by atoms with Gasteiger partial charge in [0.15, 0.2) is 0 Å². The van der Waals surface area contributed by atoms with Crippen molar-refractivity contribution in [1.82, 2.24) is 4.90 Å². The Kier molecular flexibility index (Phi) is 5.55. The van der Waals surface area contributed by atoms with Gasteiger partial charge in [-0.25, -0.2) is 9.18 Å². The number of amides is 2. The number of nitrogen functional groups attached to an aromatic ring is 1. The lowest BCUT2D eigenvalue weighted by molar-refractivity contribution is -0.121. The predicted molar refractivity (Wildman–Crippen MR) is 94.8 cm³/mol. The van der Waals surface area contributed by atoms with Crippen LogP contribution in [0.1, 0.15) is 40.5 Å². The molecule has 0 spiro atoms. The zero-order valence-corrected chi connectivity index (χ0v) is 15.2. The lowest BCUT2D eigenvalue weighted by Gasteiger charge is -2.38. The Labute approximate surface area is 147 Å². The summed E-state index contributed by atoms with van der Waals surface area (Å²) >= 11 is 0. The average molecular weight is 351 g/mol. The van der Waals surface area contributed by atoms with Crippen LogP contribution in [0.15, 0.2) is 18.2 Å². The van der Waals surface area contributed by atoms with E-state index in [0.29, 0.717) is 25.2 Å². The van der Waals surface area contributed by atoms with Gasteiger partial charge in [-0.1, -0.05) is 0 Å². The van der Waals surface area contributed by atoms with Crippen LogP contribution in [0.3, 0.4) is 0 Å².